The molecule has 0 aromatic heterocycles. The van der Waals surface area contributed by atoms with E-state index in [0.717, 1.165) is 17.0 Å². The van der Waals surface area contributed by atoms with Crippen molar-refractivity contribution in [1.29, 1.82) is 0 Å². The molecule has 0 aliphatic carbocycles. The minimum atomic E-state index is -0.805. The Kier molecular flexibility index (Phi) is 4.55. The number of anilines is 1. The van der Waals surface area contributed by atoms with Gasteiger partial charge in [0.05, 0.1) is 0 Å². The molecule has 0 radical (unpaired) electrons. The number of halogens is 2. The van der Waals surface area contributed by atoms with Crippen LogP contribution in [0.5, 0.6) is 0 Å². The first-order chi connectivity index (χ1) is 9.95. The van der Waals surface area contributed by atoms with Crippen molar-refractivity contribution in [2.24, 2.45) is 5.92 Å². The summed E-state index contributed by atoms with van der Waals surface area (Å²) >= 11 is 0. The van der Waals surface area contributed by atoms with E-state index in [2.05, 4.69) is 5.32 Å². The van der Waals surface area contributed by atoms with Gasteiger partial charge in [-0.2, -0.15) is 0 Å². The van der Waals surface area contributed by atoms with Crippen LogP contribution in [-0.4, -0.2) is 24.4 Å². The van der Waals surface area contributed by atoms with Crippen molar-refractivity contribution < 1.29 is 18.4 Å². The van der Waals surface area contributed by atoms with Gasteiger partial charge in [-0.05, 0) is 18.1 Å². The Hall–Kier alpha value is -1.98. The number of hydrogen-bond acceptors (Lipinski definition) is 2. The van der Waals surface area contributed by atoms with Crippen molar-refractivity contribution in [2.75, 3.05) is 11.4 Å². The molecule has 0 saturated carbocycles. The number of carbonyl (C=O) groups excluding carboxylic acids is 2. The second-order valence-electron chi connectivity index (χ2n) is 5.24. The average molecular weight is 296 g/mol. The molecular formula is C15H18F2N2O2. The summed E-state index contributed by atoms with van der Waals surface area (Å²) in [6.45, 7) is 3.68. The van der Waals surface area contributed by atoms with Crippen LogP contribution < -0.4 is 10.2 Å². The molecule has 6 heteroatoms. The number of hydrogen-bond donors (Lipinski definition) is 1. The first-order valence-electron chi connectivity index (χ1n) is 7.00. The minimum Gasteiger partial charge on any atom is -0.344 e. The van der Waals surface area contributed by atoms with Crippen molar-refractivity contribution in [1.82, 2.24) is 5.32 Å². The molecule has 1 aromatic carbocycles. The molecule has 1 saturated heterocycles. The van der Waals surface area contributed by atoms with Gasteiger partial charge in [0.2, 0.25) is 11.8 Å². The van der Waals surface area contributed by atoms with Crippen LogP contribution in [0.1, 0.15) is 26.7 Å². The van der Waals surface area contributed by atoms with Crippen LogP contribution in [0.25, 0.3) is 0 Å². The van der Waals surface area contributed by atoms with E-state index in [1.54, 1.807) is 0 Å². The van der Waals surface area contributed by atoms with Crippen molar-refractivity contribution in [3.8, 4) is 0 Å². The summed E-state index contributed by atoms with van der Waals surface area (Å²) in [6.07, 6.45) is 0.691. The first kappa shape index (κ1) is 15.4. The second kappa shape index (κ2) is 6.20. The zero-order valence-corrected chi connectivity index (χ0v) is 12.0. The summed E-state index contributed by atoms with van der Waals surface area (Å²) < 4.78 is 27.8. The van der Waals surface area contributed by atoms with Gasteiger partial charge in [0.15, 0.2) is 0 Å². The number of rotatable bonds is 3. The van der Waals surface area contributed by atoms with E-state index in [1.165, 1.54) is 6.07 Å². The van der Waals surface area contributed by atoms with E-state index in [0.29, 0.717) is 6.42 Å². The van der Waals surface area contributed by atoms with Crippen LogP contribution in [0.15, 0.2) is 18.2 Å². The normalized spacial score (nSPS) is 21.0. The molecule has 21 heavy (non-hydrogen) atoms. The van der Waals surface area contributed by atoms with Crippen LogP contribution >= 0.6 is 0 Å². The zero-order valence-electron chi connectivity index (χ0n) is 12.0. The summed E-state index contributed by atoms with van der Waals surface area (Å²) in [6, 6.07) is 2.68. The Labute approximate surface area is 122 Å². The number of amides is 2. The maximum Gasteiger partial charge on any atom is 0.250 e. The Morgan fingerprint density at radius 3 is 2.52 bits per heavy atom. The molecule has 1 aliphatic rings. The van der Waals surface area contributed by atoms with E-state index < -0.39 is 23.6 Å². The summed E-state index contributed by atoms with van der Waals surface area (Å²) in [4.78, 5) is 25.3. The molecule has 2 rings (SSSR count). The fourth-order valence-corrected chi connectivity index (χ4v) is 2.39. The van der Waals surface area contributed by atoms with Crippen molar-refractivity contribution in [3.05, 3.63) is 29.8 Å². The van der Waals surface area contributed by atoms with E-state index in [-0.39, 0.29) is 30.5 Å². The third-order valence-electron chi connectivity index (χ3n) is 3.83. The average Bonchev–Trinajstić information content (AvgIpc) is 2.59. The second-order valence-corrected chi connectivity index (χ2v) is 5.24. The van der Waals surface area contributed by atoms with Crippen LogP contribution in [0, 0.1) is 17.6 Å². The molecular weight excluding hydrogens is 278 g/mol. The molecule has 1 N–H and O–H groups in total. The summed E-state index contributed by atoms with van der Waals surface area (Å²) in [5.41, 5.74) is -0.382. The van der Waals surface area contributed by atoms with Crippen molar-refractivity contribution in [3.63, 3.8) is 0 Å². The van der Waals surface area contributed by atoms with Crippen LogP contribution in [-0.2, 0) is 9.59 Å². The number of nitrogens with zero attached hydrogens (tertiary/aromatic N) is 1. The summed E-state index contributed by atoms with van der Waals surface area (Å²) in [5.74, 6) is -2.48. The molecule has 1 heterocycles. The molecule has 2 unspecified atom stereocenters. The Bertz CT molecular complexity index is 542. The van der Waals surface area contributed by atoms with Gasteiger partial charge in [0.1, 0.15) is 23.4 Å². The van der Waals surface area contributed by atoms with E-state index in [4.69, 9.17) is 0 Å². The molecule has 4 nitrogen and oxygen atoms in total. The third kappa shape index (κ3) is 3.04. The van der Waals surface area contributed by atoms with Gasteiger partial charge < -0.3 is 10.2 Å². The van der Waals surface area contributed by atoms with Crippen LogP contribution in [0.3, 0.4) is 0 Å². The van der Waals surface area contributed by atoms with E-state index in [9.17, 15) is 18.4 Å². The highest BCUT2D eigenvalue weighted by molar-refractivity contribution is 6.01. The topological polar surface area (TPSA) is 49.4 Å². The Morgan fingerprint density at radius 2 is 1.95 bits per heavy atom. The first-order valence-corrected chi connectivity index (χ1v) is 7.00. The lowest BCUT2D eigenvalue weighted by Crippen LogP contribution is -2.48. The molecule has 114 valence electrons. The van der Waals surface area contributed by atoms with Gasteiger partial charge in [-0.15, -0.1) is 0 Å². The van der Waals surface area contributed by atoms with E-state index in [1.807, 2.05) is 13.8 Å². The predicted molar refractivity (Wildman–Crippen MR) is 74.7 cm³/mol. The van der Waals surface area contributed by atoms with Gasteiger partial charge >= 0.3 is 0 Å². The third-order valence-corrected chi connectivity index (χ3v) is 3.83. The highest BCUT2D eigenvalue weighted by Gasteiger charge is 2.35. The minimum absolute atomic E-state index is 0.0203. The quantitative estimate of drug-likeness (QED) is 0.930. The van der Waals surface area contributed by atoms with Crippen LogP contribution in [0.4, 0.5) is 14.5 Å². The number of carbonyl (C=O) groups is 2. The maximum absolute atomic E-state index is 13.9. The SMILES string of the molecule is CCC(C)C1NC(=O)CCN(c2c(F)cccc2F)C1=O. The van der Waals surface area contributed by atoms with Crippen LogP contribution in [0.2, 0.25) is 0 Å². The summed E-state index contributed by atoms with van der Waals surface area (Å²) in [7, 11) is 0. The van der Waals surface area contributed by atoms with Gasteiger partial charge in [-0.1, -0.05) is 26.3 Å². The van der Waals surface area contributed by atoms with Gasteiger partial charge in [-0.3, -0.25) is 9.59 Å². The van der Waals surface area contributed by atoms with Gasteiger partial charge in [0.25, 0.3) is 0 Å². The fraction of sp³-hybridized carbons (Fsp3) is 0.467. The zero-order chi connectivity index (χ0) is 15.6. The molecule has 2 amide bonds. The molecule has 0 bridgehead atoms. The standard InChI is InChI=1S/C15H18F2N2O2/c1-3-9(2)13-15(21)19(8-7-12(20)18-13)14-10(16)5-4-6-11(14)17/h4-6,9,13H,3,7-8H2,1-2H3,(H,18,20). The molecule has 1 aliphatic heterocycles. The van der Waals surface area contributed by atoms with Gasteiger partial charge in [-0.25, -0.2) is 8.78 Å². The van der Waals surface area contributed by atoms with E-state index >= 15 is 0 Å². The monoisotopic (exact) mass is 296 g/mol. The number of para-hydroxylation sites is 1. The smallest absolute Gasteiger partial charge is 0.250 e. The molecule has 1 fully saturated rings. The van der Waals surface area contributed by atoms with Gasteiger partial charge in [0, 0.05) is 13.0 Å². The predicted octanol–water partition coefficient (Wildman–Crippen LogP) is 2.23. The lowest BCUT2D eigenvalue weighted by atomic mass is 9.98. The summed E-state index contributed by atoms with van der Waals surface area (Å²) in [5, 5.41) is 2.64. The highest BCUT2D eigenvalue weighted by atomic mass is 19.1. The molecule has 1 aromatic rings. The lowest BCUT2D eigenvalue weighted by molar-refractivity contribution is -0.126. The van der Waals surface area contributed by atoms with Crippen molar-refractivity contribution in [2.45, 2.75) is 32.7 Å². The maximum atomic E-state index is 13.9. The highest BCUT2D eigenvalue weighted by Crippen LogP contribution is 2.26. The largest absolute Gasteiger partial charge is 0.344 e. The molecule has 0 spiro atoms. The molecule has 2 atom stereocenters. The Morgan fingerprint density at radius 1 is 1.33 bits per heavy atom. The van der Waals surface area contributed by atoms with Crippen molar-refractivity contribution >= 4 is 17.5 Å². The number of benzene rings is 1. The Balaban J connectivity index is 2.42. The fourth-order valence-electron chi connectivity index (χ4n) is 2.39. The number of nitrogens with one attached hydrogen (secondary N) is 1. The lowest BCUT2D eigenvalue weighted by Gasteiger charge is -2.27.